The molecule has 1 aromatic rings. The van der Waals surface area contributed by atoms with E-state index in [1.54, 1.807) is 11.8 Å². The fourth-order valence-electron chi connectivity index (χ4n) is 2.18. The van der Waals surface area contributed by atoms with Gasteiger partial charge in [0.1, 0.15) is 5.75 Å². The average molecular weight is 416 g/mol. The zero-order chi connectivity index (χ0) is 19.8. The van der Waals surface area contributed by atoms with Gasteiger partial charge in [0.25, 0.3) is 11.1 Å². The molecule has 6 nitrogen and oxygen atoms in total. The number of carbonyl (C=O) groups excluding carboxylic acids is 3. The van der Waals surface area contributed by atoms with Crippen molar-refractivity contribution < 1.29 is 27.9 Å². The van der Waals surface area contributed by atoms with Gasteiger partial charge in [-0.3, -0.25) is 19.3 Å². The van der Waals surface area contributed by atoms with Gasteiger partial charge in [0, 0.05) is 25.3 Å². The molecule has 27 heavy (non-hydrogen) atoms. The van der Waals surface area contributed by atoms with Crippen LogP contribution in [0.15, 0.2) is 29.2 Å². The molecule has 0 saturated carbocycles. The van der Waals surface area contributed by atoms with Crippen molar-refractivity contribution in [1.29, 1.82) is 0 Å². The third-order valence-electron chi connectivity index (χ3n) is 3.47. The van der Waals surface area contributed by atoms with Crippen molar-refractivity contribution in [2.75, 3.05) is 25.1 Å². The summed E-state index contributed by atoms with van der Waals surface area (Å²) in [5.41, 5.74) is 0.576. The van der Waals surface area contributed by atoms with E-state index in [1.807, 2.05) is 6.26 Å². The number of nitrogens with zero attached hydrogens (tertiary/aromatic N) is 1. The summed E-state index contributed by atoms with van der Waals surface area (Å²) in [6.07, 6.45) is 3.79. The summed E-state index contributed by atoms with van der Waals surface area (Å²) < 4.78 is 28.6. The van der Waals surface area contributed by atoms with Crippen LogP contribution in [0.4, 0.5) is 13.6 Å². The van der Waals surface area contributed by atoms with Crippen LogP contribution in [0, 0.1) is 0 Å². The smallest absolute Gasteiger partial charge is 0.387 e. The van der Waals surface area contributed by atoms with Crippen LogP contribution in [-0.2, 0) is 9.59 Å². The number of alkyl halides is 2. The zero-order valence-electron chi connectivity index (χ0n) is 14.4. The number of carbonyl (C=O) groups is 3. The van der Waals surface area contributed by atoms with Crippen molar-refractivity contribution in [3.8, 4) is 5.75 Å². The Balaban J connectivity index is 1.92. The molecule has 3 amide bonds. The maximum absolute atomic E-state index is 12.4. The molecule has 0 bridgehead atoms. The Morgan fingerprint density at radius 3 is 2.67 bits per heavy atom. The van der Waals surface area contributed by atoms with Crippen LogP contribution < -0.4 is 10.1 Å². The van der Waals surface area contributed by atoms with E-state index in [9.17, 15) is 23.2 Å². The molecule has 0 aromatic heterocycles. The highest BCUT2D eigenvalue weighted by molar-refractivity contribution is 8.18. The molecule has 1 fully saturated rings. The van der Waals surface area contributed by atoms with E-state index < -0.39 is 17.8 Å². The van der Waals surface area contributed by atoms with Crippen molar-refractivity contribution in [3.63, 3.8) is 0 Å². The number of thioether (sulfide) groups is 2. The summed E-state index contributed by atoms with van der Waals surface area (Å²) in [5, 5.41) is 2.25. The van der Waals surface area contributed by atoms with E-state index in [0.717, 1.165) is 16.7 Å². The summed E-state index contributed by atoms with van der Waals surface area (Å²) in [6.45, 7) is -2.62. The Labute approximate surface area is 163 Å². The fourth-order valence-corrected chi connectivity index (χ4v) is 3.43. The highest BCUT2D eigenvalue weighted by atomic mass is 32.2. The minimum absolute atomic E-state index is 0.00692. The molecule has 0 radical (unpaired) electrons. The Bertz CT molecular complexity index is 726. The predicted octanol–water partition coefficient (Wildman–Crippen LogP) is 3.19. The largest absolute Gasteiger partial charge is 0.435 e. The number of amides is 3. The molecule has 0 atom stereocenters. The quantitative estimate of drug-likeness (QED) is 0.623. The molecular formula is C17H18F2N2O4S2. The minimum Gasteiger partial charge on any atom is -0.435 e. The lowest BCUT2D eigenvalue weighted by atomic mass is 10.2. The van der Waals surface area contributed by atoms with E-state index in [-0.39, 0.29) is 29.7 Å². The second-order valence-electron chi connectivity index (χ2n) is 5.37. The van der Waals surface area contributed by atoms with Crippen LogP contribution in [0.2, 0.25) is 0 Å². The summed E-state index contributed by atoms with van der Waals surface area (Å²) in [4.78, 5) is 37.2. The first kappa shape index (κ1) is 21.2. The molecule has 2 rings (SSSR count). The van der Waals surface area contributed by atoms with Crippen molar-refractivity contribution in [2.45, 2.75) is 13.0 Å². The molecule has 1 heterocycles. The normalized spacial score (nSPS) is 15.7. The first-order chi connectivity index (χ1) is 12.9. The lowest BCUT2D eigenvalue weighted by Crippen LogP contribution is -2.37. The van der Waals surface area contributed by atoms with E-state index in [2.05, 4.69) is 10.1 Å². The Morgan fingerprint density at radius 1 is 1.33 bits per heavy atom. The van der Waals surface area contributed by atoms with Crippen molar-refractivity contribution >= 4 is 46.7 Å². The van der Waals surface area contributed by atoms with Gasteiger partial charge in [-0.25, -0.2) is 0 Å². The number of hydrogen-bond acceptors (Lipinski definition) is 6. The molecule has 1 aromatic carbocycles. The molecule has 0 spiro atoms. The van der Waals surface area contributed by atoms with Gasteiger partial charge in [0.05, 0.1) is 4.91 Å². The number of halogens is 2. The third kappa shape index (κ3) is 6.55. The summed E-state index contributed by atoms with van der Waals surface area (Å²) in [6, 6.07) is 5.73. The third-order valence-corrected chi connectivity index (χ3v) is 4.99. The fraction of sp³-hybridized carbons (Fsp3) is 0.353. The Kier molecular flexibility index (Phi) is 8.11. The SMILES string of the molecule is CSCCC(=O)NCCN1C(=O)S/C(=C/c2ccc(OC(F)F)cc2)C1=O. The summed E-state index contributed by atoms with van der Waals surface area (Å²) >= 11 is 2.35. The van der Waals surface area contributed by atoms with E-state index in [1.165, 1.54) is 30.3 Å². The van der Waals surface area contributed by atoms with Crippen LogP contribution in [0.1, 0.15) is 12.0 Å². The number of hydrogen-bond donors (Lipinski definition) is 1. The molecule has 0 unspecified atom stereocenters. The van der Waals surface area contributed by atoms with Gasteiger partial charge in [-0.2, -0.15) is 20.5 Å². The zero-order valence-corrected chi connectivity index (χ0v) is 16.1. The molecule has 10 heteroatoms. The molecule has 1 aliphatic heterocycles. The Hall–Kier alpha value is -2.07. The molecule has 1 N–H and O–H groups in total. The molecule has 146 valence electrons. The molecule has 1 aliphatic rings. The van der Waals surface area contributed by atoms with Gasteiger partial charge >= 0.3 is 6.61 Å². The summed E-state index contributed by atoms with van der Waals surface area (Å²) in [7, 11) is 0. The monoisotopic (exact) mass is 416 g/mol. The van der Waals surface area contributed by atoms with E-state index >= 15 is 0 Å². The van der Waals surface area contributed by atoms with Gasteiger partial charge < -0.3 is 10.1 Å². The number of imide groups is 1. The van der Waals surface area contributed by atoms with E-state index in [0.29, 0.717) is 17.7 Å². The lowest BCUT2D eigenvalue weighted by molar-refractivity contribution is -0.124. The summed E-state index contributed by atoms with van der Waals surface area (Å²) in [5.74, 6) is 0.138. The molecular weight excluding hydrogens is 398 g/mol. The first-order valence-corrected chi connectivity index (χ1v) is 10.2. The molecule has 0 aliphatic carbocycles. The highest BCUT2D eigenvalue weighted by Crippen LogP contribution is 2.32. The van der Waals surface area contributed by atoms with Gasteiger partial charge in [-0.05, 0) is 41.8 Å². The predicted molar refractivity (Wildman–Crippen MR) is 102 cm³/mol. The number of benzene rings is 1. The van der Waals surface area contributed by atoms with Crippen LogP contribution in [0.25, 0.3) is 6.08 Å². The van der Waals surface area contributed by atoms with Gasteiger partial charge in [-0.15, -0.1) is 0 Å². The number of rotatable bonds is 9. The van der Waals surface area contributed by atoms with Gasteiger partial charge in [-0.1, -0.05) is 12.1 Å². The minimum atomic E-state index is -2.91. The topological polar surface area (TPSA) is 75.7 Å². The Morgan fingerprint density at radius 2 is 2.04 bits per heavy atom. The number of ether oxygens (including phenoxy) is 1. The van der Waals surface area contributed by atoms with Gasteiger partial charge in [0.2, 0.25) is 5.91 Å². The molecule has 1 saturated heterocycles. The second-order valence-corrected chi connectivity index (χ2v) is 7.35. The standard InChI is InChI=1S/C17H18F2N2O4S2/c1-26-9-6-14(22)20-7-8-21-15(23)13(27-17(21)24)10-11-2-4-12(5-3-11)25-16(18)19/h2-5,10,16H,6-9H2,1H3,(H,20,22)/b13-10+. The van der Waals surface area contributed by atoms with Crippen LogP contribution in [0.3, 0.4) is 0 Å². The van der Waals surface area contributed by atoms with Crippen molar-refractivity contribution in [2.24, 2.45) is 0 Å². The van der Waals surface area contributed by atoms with Crippen molar-refractivity contribution in [1.82, 2.24) is 10.2 Å². The second kappa shape index (κ2) is 10.3. The number of nitrogens with one attached hydrogen (secondary N) is 1. The van der Waals surface area contributed by atoms with Crippen LogP contribution in [0.5, 0.6) is 5.75 Å². The van der Waals surface area contributed by atoms with E-state index in [4.69, 9.17) is 0 Å². The van der Waals surface area contributed by atoms with Crippen LogP contribution in [-0.4, -0.2) is 53.7 Å². The first-order valence-electron chi connectivity index (χ1n) is 7.96. The maximum atomic E-state index is 12.4. The highest BCUT2D eigenvalue weighted by Gasteiger charge is 2.34. The van der Waals surface area contributed by atoms with Crippen LogP contribution >= 0.6 is 23.5 Å². The lowest BCUT2D eigenvalue weighted by Gasteiger charge is -2.12. The maximum Gasteiger partial charge on any atom is 0.387 e. The van der Waals surface area contributed by atoms with Gasteiger partial charge in [0.15, 0.2) is 0 Å². The van der Waals surface area contributed by atoms with Crippen molar-refractivity contribution in [3.05, 3.63) is 34.7 Å². The average Bonchev–Trinajstić information content (AvgIpc) is 2.88.